The second kappa shape index (κ2) is 18.1. The van der Waals surface area contributed by atoms with Crippen LogP contribution in [0.4, 0.5) is 17.3 Å². The predicted molar refractivity (Wildman–Crippen MR) is 181 cm³/mol. The molecule has 1 fully saturated rings. The minimum absolute atomic E-state index is 0.103. The summed E-state index contributed by atoms with van der Waals surface area (Å²) in [5.41, 5.74) is 4.20. The van der Waals surface area contributed by atoms with Crippen molar-refractivity contribution in [2.24, 2.45) is 5.41 Å². The Morgan fingerprint density at radius 3 is 2.34 bits per heavy atom. The van der Waals surface area contributed by atoms with E-state index in [0.717, 1.165) is 23.1 Å². The number of aromatic nitrogens is 2. The van der Waals surface area contributed by atoms with E-state index < -0.39 is 97.3 Å². The van der Waals surface area contributed by atoms with Gasteiger partial charge < -0.3 is 60.9 Å². The number of hydrogen-bond acceptors (Lipinski definition) is 19. The van der Waals surface area contributed by atoms with Crippen LogP contribution in [0.1, 0.15) is 27.2 Å². The Balaban J connectivity index is 1.67. The van der Waals surface area contributed by atoms with Gasteiger partial charge in [0.1, 0.15) is 49.2 Å². The normalized spacial score (nSPS) is 23.8. The number of fused-ring (bicyclic) bond motifs is 1. The third-order valence-electron chi connectivity index (χ3n) is 7.45. The van der Waals surface area contributed by atoms with Crippen molar-refractivity contribution in [1.29, 1.82) is 0 Å². The van der Waals surface area contributed by atoms with Crippen LogP contribution < -0.4 is 26.2 Å². The molecule has 53 heavy (non-hydrogen) atoms. The third kappa shape index (κ3) is 12.3. The van der Waals surface area contributed by atoms with Crippen LogP contribution in [0.2, 0.25) is 0 Å². The molecule has 0 saturated carbocycles. The summed E-state index contributed by atoms with van der Waals surface area (Å²) in [6.07, 6.45) is -10.1. The van der Waals surface area contributed by atoms with Gasteiger partial charge in [-0.3, -0.25) is 32.9 Å². The molecule has 3 heterocycles. The van der Waals surface area contributed by atoms with Crippen molar-refractivity contribution in [2.75, 3.05) is 54.3 Å². The summed E-state index contributed by atoms with van der Waals surface area (Å²) < 4.78 is 61.1. The van der Waals surface area contributed by atoms with Crippen molar-refractivity contribution < 1.29 is 85.6 Å². The highest BCUT2D eigenvalue weighted by atomic mass is 32.1. The molecular formula is C24H42N7O18P3S. The van der Waals surface area contributed by atoms with E-state index in [9.17, 15) is 63.0 Å². The predicted octanol–water partition coefficient (Wildman–Crippen LogP) is -2.70. The number of rotatable bonds is 19. The van der Waals surface area contributed by atoms with Crippen molar-refractivity contribution >= 4 is 71.1 Å². The van der Waals surface area contributed by atoms with E-state index in [1.807, 2.05) is 0 Å². The lowest BCUT2D eigenvalue weighted by Crippen LogP contribution is -2.48. The van der Waals surface area contributed by atoms with Gasteiger partial charge in [0, 0.05) is 30.7 Å². The van der Waals surface area contributed by atoms with Gasteiger partial charge in [0.05, 0.1) is 13.2 Å². The summed E-state index contributed by atoms with van der Waals surface area (Å²) in [5, 5.41) is 36.2. The van der Waals surface area contributed by atoms with E-state index in [4.69, 9.17) is 19.5 Å². The second-order valence-electron chi connectivity index (χ2n) is 12.2. The van der Waals surface area contributed by atoms with Gasteiger partial charge in [-0.1, -0.05) is 13.8 Å². The van der Waals surface area contributed by atoms with E-state index in [-0.39, 0.29) is 36.2 Å². The summed E-state index contributed by atoms with van der Waals surface area (Å²) in [7, 11) is -16.6. The molecule has 3 rings (SSSR count). The number of carbonyl (C=O) groups is 3. The van der Waals surface area contributed by atoms with Gasteiger partial charge in [0.25, 0.3) is 5.91 Å². The van der Waals surface area contributed by atoms with Crippen LogP contribution in [-0.4, -0.2) is 138 Å². The number of aliphatic hydroxyl groups excluding tert-OH is 3. The fourth-order valence-corrected chi connectivity index (χ4v) is 7.80. The van der Waals surface area contributed by atoms with Crippen molar-refractivity contribution in [3.63, 3.8) is 0 Å². The molecule has 302 valence electrons. The molecule has 11 N–H and O–H groups in total. The number of nitrogens with two attached hydrogens (primary N) is 1. The number of ether oxygens (including phenoxy) is 1. The topological polar surface area (TPSA) is 373 Å². The molecule has 1 aromatic heterocycles. The molecule has 29 heteroatoms. The van der Waals surface area contributed by atoms with Crippen LogP contribution >= 0.6 is 36.1 Å². The lowest BCUT2D eigenvalue weighted by Gasteiger charge is -2.30. The van der Waals surface area contributed by atoms with E-state index in [2.05, 4.69) is 42.1 Å². The summed E-state index contributed by atoms with van der Waals surface area (Å²) in [4.78, 5) is 85.9. The van der Waals surface area contributed by atoms with Crippen LogP contribution in [0.5, 0.6) is 0 Å². The standard InChI is InChI=1S/C24H42N7O18P3S/c1-12(32)22(37)30-11-31(20-15(30)19(25)28-10-29-20)23-16(34)17(48-50(38,39)40)13(47-23)8-45-51(41,42)49-52(43,44)46-9-24(2,3)18(35)21(36)27-5-4-14(33)26-6-7-53/h10,12-13,16-18,23,32,34-35,53H,4-9,11H2,1-3H3,(H,26,33)(H,27,36)(H,41,42)(H,43,44)(H2,25,28,29)(H2,38,39,40)/t12?,13-,16-,17-,18+,23-/m1/s1. The maximum Gasteiger partial charge on any atom is 0.481 e. The number of aliphatic hydroxyl groups is 3. The monoisotopic (exact) mass is 841 g/mol. The Bertz CT molecular complexity index is 1640. The lowest BCUT2D eigenvalue weighted by atomic mass is 9.87. The number of nitrogens with one attached hydrogen (secondary N) is 2. The SMILES string of the molecule is CC(O)C(=O)N1CN([C@@H]2O[C@H](COP(=O)(O)OP(=O)(O)OCC(C)(C)[C@@H](O)C(=O)NCCC(=O)NCCS)[C@@H](OP(=O)(O)O)[C@H]2O)c2ncnc(N)c21. The minimum atomic E-state index is -5.63. The second-order valence-corrected chi connectivity index (χ2v) is 16.9. The van der Waals surface area contributed by atoms with Crippen LogP contribution in [0.15, 0.2) is 6.33 Å². The molecule has 2 aliphatic rings. The molecule has 8 atom stereocenters. The molecule has 3 unspecified atom stereocenters. The fourth-order valence-electron chi connectivity index (χ4n) is 4.85. The fraction of sp³-hybridized carbons (Fsp3) is 0.708. The van der Waals surface area contributed by atoms with Gasteiger partial charge in [-0.25, -0.2) is 23.7 Å². The third-order valence-corrected chi connectivity index (χ3v) is 10.8. The van der Waals surface area contributed by atoms with E-state index in [1.165, 1.54) is 13.8 Å². The molecule has 3 amide bonds. The number of hydrogen-bond donors (Lipinski definition) is 11. The molecule has 25 nitrogen and oxygen atoms in total. The first-order valence-corrected chi connectivity index (χ1v) is 20.5. The lowest BCUT2D eigenvalue weighted by molar-refractivity contribution is -0.137. The summed E-state index contributed by atoms with van der Waals surface area (Å²) in [6, 6.07) is 0. The average molecular weight is 842 g/mol. The number of nitrogen functional groups attached to an aromatic ring is 1. The van der Waals surface area contributed by atoms with Gasteiger partial charge in [0.2, 0.25) is 11.8 Å². The zero-order chi connectivity index (χ0) is 40.1. The summed E-state index contributed by atoms with van der Waals surface area (Å²) >= 11 is 3.95. The van der Waals surface area contributed by atoms with Gasteiger partial charge >= 0.3 is 23.5 Å². The number of phosphoric acid groups is 3. The Labute approximate surface area is 307 Å². The van der Waals surface area contributed by atoms with Crippen molar-refractivity contribution in [1.82, 2.24) is 20.6 Å². The summed E-state index contributed by atoms with van der Waals surface area (Å²) in [6.45, 7) is 1.20. The van der Waals surface area contributed by atoms with Crippen LogP contribution in [0, 0.1) is 5.41 Å². The molecule has 0 bridgehead atoms. The highest BCUT2D eigenvalue weighted by molar-refractivity contribution is 7.80. The molecule has 0 radical (unpaired) electrons. The van der Waals surface area contributed by atoms with Crippen molar-refractivity contribution in [3.8, 4) is 0 Å². The number of thiol groups is 1. The first kappa shape index (κ1) is 45.0. The van der Waals surface area contributed by atoms with Crippen molar-refractivity contribution in [2.45, 2.75) is 63.9 Å². The largest absolute Gasteiger partial charge is 0.481 e. The maximum absolute atomic E-state index is 12.7. The van der Waals surface area contributed by atoms with Crippen LogP contribution in [-0.2, 0) is 50.7 Å². The molecule has 2 aliphatic heterocycles. The van der Waals surface area contributed by atoms with E-state index >= 15 is 0 Å². The first-order valence-electron chi connectivity index (χ1n) is 15.3. The van der Waals surface area contributed by atoms with Crippen molar-refractivity contribution in [3.05, 3.63) is 6.33 Å². The summed E-state index contributed by atoms with van der Waals surface area (Å²) in [5.74, 6) is -2.18. The molecule has 0 spiro atoms. The van der Waals surface area contributed by atoms with Gasteiger partial charge in [-0.05, 0) is 6.92 Å². The number of phosphoric ester groups is 3. The number of carbonyl (C=O) groups excluding carboxylic acids is 3. The Kier molecular flexibility index (Phi) is 15.4. The first-order chi connectivity index (χ1) is 24.4. The Morgan fingerprint density at radius 2 is 1.74 bits per heavy atom. The number of amides is 3. The van der Waals surface area contributed by atoms with Gasteiger partial charge in [-0.15, -0.1) is 0 Å². The molecule has 0 aliphatic carbocycles. The quantitative estimate of drug-likeness (QED) is 0.0499. The van der Waals surface area contributed by atoms with Gasteiger partial charge in [-0.2, -0.15) is 16.9 Å². The Hall–Kier alpha value is -2.35. The Morgan fingerprint density at radius 1 is 1.09 bits per heavy atom. The van der Waals surface area contributed by atoms with Gasteiger partial charge in [0.15, 0.2) is 17.9 Å². The maximum atomic E-state index is 12.7. The molecule has 1 aromatic rings. The molecule has 1 saturated heterocycles. The number of anilines is 3. The van der Waals surface area contributed by atoms with E-state index in [0.29, 0.717) is 12.3 Å². The number of nitrogens with zero attached hydrogens (tertiary/aromatic N) is 4. The average Bonchev–Trinajstić information content (AvgIpc) is 3.57. The smallest absolute Gasteiger partial charge is 0.386 e. The zero-order valence-corrected chi connectivity index (χ0v) is 31.8. The highest BCUT2D eigenvalue weighted by Gasteiger charge is 2.53. The van der Waals surface area contributed by atoms with E-state index in [1.54, 1.807) is 0 Å². The molecule has 0 aromatic carbocycles. The van der Waals surface area contributed by atoms with Crippen LogP contribution in [0.3, 0.4) is 0 Å². The zero-order valence-electron chi connectivity index (χ0n) is 28.3. The van der Waals surface area contributed by atoms with Crippen LogP contribution in [0.25, 0.3) is 0 Å². The minimum Gasteiger partial charge on any atom is -0.386 e. The molecular weight excluding hydrogens is 799 g/mol. The highest BCUT2D eigenvalue weighted by Crippen LogP contribution is 2.61.